The van der Waals surface area contributed by atoms with E-state index in [0.717, 1.165) is 19.4 Å². The van der Waals surface area contributed by atoms with Crippen molar-refractivity contribution in [2.24, 2.45) is 5.92 Å². The maximum Gasteiger partial charge on any atom is 0.214 e. The van der Waals surface area contributed by atoms with E-state index in [1.165, 1.54) is 0 Å². The van der Waals surface area contributed by atoms with Gasteiger partial charge in [-0.25, -0.2) is 8.42 Å². The molecular weight excluding hydrogens is 236 g/mol. The van der Waals surface area contributed by atoms with Crippen LogP contribution in [0.5, 0.6) is 0 Å². The average Bonchev–Trinajstić information content (AvgIpc) is 2.26. The predicted molar refractivity (Wildman–Crippen MR) is 71.5 cm³/mol. The molecule has 0 amide bonds. The largest absolute Gasteiger partial charge is 0.311 e. The van der Waals surface area contributed by atoms with Crippen LogP contribution in [0.2, 0.25) is 0 Å². The molecule has 0 spiro atoms. The zero-order valence-electron chi connectivity index (χ0n) is 11.4. The fraction of sp³-hybridized carbons (Fsp3) is 1.00. The van der Waals surface area contributed by atoms with Gasteiger partial charge in [0, 0.05) is 25.2 Å². The Bertz CT molecular complexity index is 327. The zero-order valence-corrected chi connectivity index (χ0v) is 12.3. The van der Waals surface area contributed by atoms with Gasteiger partial charge in [-0.15, -0.1) is 0 Å². The van der Waals surface area contributed by atoms with Crippen LogP contribution in [0.4, 0.5) is 0 Å². The molecule has 0 aliphatic carbocycles. The van der Waals surface area contributed by atoms with Gasteiger partial charge in [0.25, 0.3) is 0 Å². The molecule has 17 heavy (non-hydrogen) atoms. The molecule has 1 fully saturated rings. The third-order valence-electron chi connectivity index (χ3n) is 3.32. The van der Waals surface area contributed by atoms with Gasteiger partial charge < -0.3 is 5.32 Å². The fourth-order valence-electron chi connectivity index (χ4n) is 2.31. The van der Waals surface area contributed by atoms with Crippen molar-refractivity contribution in [3.8, 4) is 0 Å². The van der Waals surface area contributed by atoms with Crippen molar-refractivity contribution in [2.45, 2.75) is 52.6 Å². The first kappa shape index (κ1) is 14.9. The first-order valence-electron chi connectivity index (χ1n) is 6.63. The lowest BCUT2D eigenvalue weighted by atomic mass is 10.1. The third kappa shape index (κ3) is 3.93. The minimum atomic E-state index is -3.09. The van der Waals surface area contributed by atoms with Crippen LogP contribution in [-0.4, -0.2) is 43.6 Å². The summed E-state index contributed by atoms with van der Waals surface area (Å²) in [6.45, 7) is 9.47. The lowest BCUT2D eigenvalue weighted by Crippen LogP contribution is -2.58. The van der Waals surface area contributed by atoms with E-state index in [1.807, 2.05) is 13.8 Å². The topological polar surface area (TPSA) is 49.4 Å². The molecule has 1 saturated heterocycles. The second-order valence-electron chi connectivity index (χ2n) is 5.32. The summed E-state index contributed by atoms with van der Waals surface area (Å²) in [5.41, 5.74) is 0. The molecule has 4 nitrogen and oxygen atoms in total. The van der Waals surface area contributed by atoms with E-state index in [2.05, 4.69) is 19.2 Å². The Balaban J connectivity index is 2.82. The molecule has 1 heterocycles. The van der Waals surface area contributed by atoms with Gasteiger partial charge in [0.2, 0.25) is 10.0 Å². The Kier molecular flexibility index (Phi) is 5.41. The average molecular weight is 262 g/mol. The maximum absolute atomic E-state index is 12.3. The summed E-state index contributed by atoms with van der Waals surface area (Å²) in [6.07, 6.45) is 1.85. The minimum Gasteiger partial charge on any atom is -0.311 e. The van der Waals surface area contributed by atoms with E-state index in [0.29, 0.717) is 12.6 Å². The van der Waals surface area contributed by atoms with Crippen LogP contribution in [0.3, 0.4) is 0 Å². The Morgan fingerprint density at radius 3 is 2.41 bits per heavy atom. The summed E-state index contributed by atoms with van der Waals surface area (Å²) in [7, 11) is -3.09. The molecule has 5 heteroatoms. The molecule has 1 N–H and O–H groups in total. The van der Waals surface area contributed by atoms with Gasteiger partial charge in [-0.1, -0.05) is 27.7 Å². The lowest BCUT2D eigenvalue weighted by molar-refractivity contribution is 0.215. The first-order valence-corrected chi connectivity index (χ1v) is 8.24. The lowest BCUT2D eigenvalue weighted by Gasteiger charge is -2.39. The van der Waals surface area contributed by atoms with Gasteiger partial charge in [0.15, 0.2) is 0 Å². The first-order chi connectivity index (χ1) is 7.90. The van der Waals surface area contributed by atoms with Gasteiger partial charge in [0.05, 0.1) is 5.75 Å². The molecule has 102 valence electrons. The number of rotatable bonds is 5. The fourth-order valence-corrected chi connectivity index (χ4v) is 4.43. The third-order valence-corrected chi connectivity index (χ3v) is 5.56. The molecule has 1 aliphatic heterocycles. The van der Waals surface area contributed by atoms with Crippen molar-refractivity contribution >= 4 is 10.0 Å². The smallest absolute Gasteiger partial charge is 0.214 e. The summed E-state index contributed by atoms with van der Waals surface area (Å²) in [5, 5.41) is 3.42. The summed E-state index contributed by atoms with van der Waals surface area (Å²) >= 11 is 0. The standard InChI is InChI=1S/C12H26N2O2S/c1-5-11-8-14(12(6-2)7-13-11)17(15,16)9-10(3)4/h10-13H,5-9H2,1-4H3. The van der Waals surface area contributed by atoms with E-state index >= 15 is 0 Å². The van der Waals surface area contributed by atoms with E-state index in [4.69, 9.17) is 0 Å². The van der Waals surface area contributed by atoms with Crippen molar-refractivity contribution in [3.05, 3.63) is 0 Å². The molecule has 0 radical (unpaired) electrons. The molecule has 2 atom stereocenters. The van der Waals surface area contributed by atoms with Gasteiger partial charge in [-0.3, -0.25) is 0 Å². The molecule has 0 saturated carbocycles. The Morgan fingerprint density at radius 2 is 1.94 bits per heavy atom. The molecule has 0 bridgehead atoms. The maximum atomic E-state index is 12.3. The number of piperazine rings is 1. The molecule has 2 unspecified atom stereocenters. The van der Waals surface area contributed by atoms with E-state index in [-0.39, 0.29) is 17.7 Å². The van der Waals surface area contributed by atoms with Crippen molar-refractivity contribution in [2.75, 3.05) is 18.8 Å². The predicted octanol–water partition coefficient (Wildman–Crippen LogP) is 1.43. The number of nitrogens with zero attached hydrogens (tertiary/aromatic N) is 1. The molecule has 0 aromatic rings. The number of hydrogen-bond acceptors (Lipinski definition) is 3. The van der Waals surface area contributed by atoms with E-state index < -0.39 is 10.0 Å². The molecule has 0 aromatic carbocycles. The summed E-state index contributed by atoms with van der Waals surface area (Å²) in [5.74, 6) is 0.451. The SMILES string of the molecule is CCC1CN(S(=O)(=O)CC(C)C)C(CC)CN1. The van der Waals surface area contributed by atoms with Gasteiger partial charge in [0.1, 0.15) is 0 Å². The van der Waals surface area contributed by atoms with Crippen molar-refractivity contribution in [1.29, 1.82) is 0 Å². The molecule has 1 rings (SSSR count). The van der Waals surface area contributed by atoms with Crippen LogP contribution in [0.1, 0.15) is 40.5 Å². The quantitative estimate of drug-likeness (QED) is 0.815. The summed E-state index contributed by atoms with van der Waals surface area (Å²) in [6, 6.07) is 0.432. The second kappa shape index (κ2) is 6.16. The number of sulfonamides is 1. The van der Waals surface area contributed by atoms with Crippen molar-refractivity contribution in [1.82, 2.24) is 9.62 Å². The van der Waals surface area contributed by atoms with Crippen LogP contribution in [0.25, 0.3) is 0 Å². The summed E-state index contributed by atoms with van der Waals surface area (Å²) in [4.78, 5) is 0. The summed E-state index contributed by atoms with van der Waals surface area (Å²) < 4.78 is 26.4. The molecular formula is C12H26N2O2S. The van der Waals surface area contributed by atoms with E-state index in [9.17, 15) is 8.42 Å². The van der Waals surface area contributed by atoms with Crippen LogP contribution in [0.15, 0.2) is 0 Å². The molecule has 1 aliphatic rings. The van der Waals surface area contributed by atoms with Gasteiger partial charge in [-0.05, 0) is 18.8 Å². The van der Waals surface area contributed by atoms with E-state index in [1.54, 1.807) is 4.31 Å². The van der Waals surface area contributed by atoms with Crippen molar-refractivity contribution < 1.29 is 8.42 Å². The second-order valence-corrected chi connectivity index (χ2v) is 7.28. The highest BCUT2D eigenvalue weighted by atomic mass is 32.2. The highest BCUT2D eigenvalue weighted by Crippen LogP contribution is 2.18. The van der Waals surface area contributed by atoms with Gasteiger partial charge >= 0.3 is 0 Å². The minimum absolute atomic E-state index is 0.126. The monoisotopic (exact) mass is 262 g/mol. The highest BCUT2D eigenvalue weighted by molar-refractivity contribution is 7.89. The van der Waals surface area contributed by atoms with Crippen LogP contribution >= 0.6 is 0 Å². The Labute approximate surface area is 106 Å². The van der Waals surface area contributed by atoms with Crippen LogP contribution in [-0.2, 0) is 10.0 Å². The Hall–Kier alpha value is -0.130. The van der Waals surface area contributed by atoms with Gasteiger partial charge in [-0.2, -0.15) is 4.31 Å². The number of nitrogens with one attached hydrogen (secondary N) is 1. The molecule has 0 aromatic heterocycles. The number of hydrogen-bond donors (Lipinski definition) is 1. The van der Waals surface area contributed by atoms with Crippen molar-refractivity contribution in [3.63, 3.8) is 0 Å². The zero-order chi connectivity index (χ0) is 13.1. The Morgan fingerprint density at radius 1 is 1.29 bits per heavy atom. The van der Waals surface area contributed by atoms with Crippen LogP contribution in [0, 0.1) is 5.92 Å². The highest BCUT2D eigenvalue weighted by Gasteiger charge is 2.34. The normalized spacial score (nSPS) is 27.6. The van der Waals surface area contributed by atoms with Crippen LogP contribution < -0.4 is 5.32 Å².